The van der Waals surface area contributed by atoms with Gasteiger partial charge in [0, 0.05) is 24.0 Å². The third kappa shape index (κ3) is 4.30. The summed E-state index contributed by atoms with van der Waals surface area (Å²) in [5, 5.41) is 3.21. The van der Waals surface area contributed by atoms with E-state index in [9.17, 15) is 4.79 Å². The fourth-order valence-corrected chi connectivity index (χ4v) is 1.91. The number of nitrogens with one attached hydrogen (secondary N) is 1. The minimum atomic E-state index is -0.121. The van der Waals surface area contributed by atoms with Crippen molar-refractivity contribution >= 4 is 0 Å². The minimum Gasteiger partial charge on any atom is -0.317 e. The number of hydrogen-bond donors (Lipinski definition) is 1. The highest BCUT2D eigenvalue weighted by Gasteiger charge is 2.03. The van der Waals surface area contributed by atoms with Crippen LogP contribution in [0.2, 0.25) is 0 Å². The van der Waals surface area contributed by atoms with Crippen LogP contribution in [0, 0.1) is 13.8 Å². The van der Waals surface area contributed by atoms with Crippen LogP contribution in [0.4, 0.5) is 0 Å². The summed E-state index contributed by atoms with van der Waals surface area (Å²) in [5.41, 5.74) is 1.68. The summed E-state index contributed by atoms with van der Waals surface area (Å²) in [6.45, 7) is 6.76. The van der Waals surface area contributed by atoms with E-state index in [1.807, 2.05) is 27.0 Å². The maximum Gasteiger partial charge on any atom is 0.347 e. The van der Waals surface area contributed by atoms with Crippen molar-refractivity contribution in [2.75, 3.05) is 7.05 Å². The maximum absolute atomic E-state index is 11.7. The normalized spacial score (nSPS) is 12.7. The molecule has 4 nitrogen and oxygen atoms in total. The molecule has 0 saturated carbocycles. The average molecular weight is 237 g/mol. The number of aryl methyl sites for hydroxylation is 2. The van der Waals surface area contributed by atoms with Crippen molar-refractivity contribution in [3.8, 4) is 0 Å². The van der Waals surface area contributed by atoms with Crippen molar-refractivity contribution < 1.29 is 0 Å². The smallest absolute Gasteiger partial charge is 0.317 e. The predicted octanol–water partition coefficient (Wildman–Crippen LogP) is 1.64. The quantitative estimate of drug-likeness (QED) is 0.765. The Balaban J connectivity index is 2.50. The zero-order chi connectivity index (χ0) is 12.8. The van der Waals surface area contributed by atoms with E-state index in [1.54, 1.807) is 4.57 Å². The first-order valence-corrected chi connectivity index (χ1v) is 6.27. The molecular weight excluding hydrogens is 214 g/mol. The van der Waals surface area contributed by atoms with Crippen LogP contribution in [0.3, 0.4) is 0 Å². The van der Waals surface area contributed by atoms with Crippen molar-refractivity contribution in [1.29, 1.82) is 0 Å². The highest BCUT2D eigenvalue weighted by atomic mass is 16.1. The van der Waals surface area contributed by atoms with Gasteiger partial charge in [0.05, 0.1) is 0 Å². The van der Waals surface area contributed by atoms with Gasteiger partial charge < -0.3 is 5.32 Å². The van der Waals surface area contributed by atoms with Gasteiger partial charge in [-0.15, -0.1) is 0 Å². The van der Waals surface area contributed by atoms with Crippen molar-refractivity contribution in [2.24, 2.45) is 0 Å². The molecule has 0 aliphatic carbocycles. The molecule has 0 radical (unpaired) electrons. The Bertz CT molecular complexity index is 412. The van der Waals surface area contributed by atoms with Crippen molar-refractivity contribution in [2.45, 2.75) is 52.6 Å². The Morgan fingerprint density at radius 1 is 1.41 bits per heavy atom. The van der Waals surface area contributed by atoms with E-state index in [2.05, 4.69) is 17.2 Å². The van der Waals surface area contributed by atoms with Gasteiger partial charge in [-0.1, -0.05) is 6.42 Å². The lowest BCUT2D eigenvalue weighted by atomic mass is 10.1. The average Bonchev–Trinajstić information content (AvgIpc) is 2.26. The number of aromatic nitrogens is 2. The lowest BCUT2D eigenvalue weighted by molar-refractivity contribution is 0.494. The van der Waals surface area contributed by atoms with E-state index < -0.39 is 0 Å². The third-order valence-corrected chi connectivity index (χ3v) is 3.11. The fourth-order valence-electron chi connectivity index (χ4n) is 1.91. The molecule has 1 N–H and O–H groups in total. The SMILES string of the molecule is CNC(C)CCCCn1c(C)cc(C)nc1=O. The van der Waals surface area contributed by atoms with E-state index in [0.717, 1.165) is 37.2 Å². The number of unbranched alkanes of at least 4 members (excludes halogenated alkanes) is 1. The Kier molecular flexibility index (Phi) is 5.35. The first-order valence-electron chi connectivity index (χ1n) is 6.27. The summed E-state index contributed by atoms with van der Waals surface area (Å²) in [7, 11) is 1.98. The van der Waals surface area contributed by atoms with Gasteiger partial charge in [-0.05, 0) is 46.7 Å². The summed E-state index contributed by atoms with van der Waals surface area (Å²) in [6, 6.07) is 2.50. The second-order valence-electron chi connectivity index (χ2n) is 4.66. The first kappa shape index (κ1) is 13.9. The zero-order valence-corrected chi connectivity index (χ0v) is 11.3. The van der Waals surface area contributed by atoms with Crippen LogP contribution in [0.25, 0.3) is 0 Å². The Morgan fingerprint density at radius 3 is 2.71 bits per heavy atom. The van der Waals surface area contributed by atoms with Crippen molar-refractivity contribution in [3.05, 3.63) is 27.9 Å². The van der Waals surface area contributed by atoms with Gasteiger partial charge in [0.2, 0.25) is 0 Å². The summed E-state index contributed by atoms with van der Waals surface area (Å²) in [4.78, 5) is 15.6. The number of rotatable bonds is 6. The van der Waals surface area contributed by atoms with E-state index in [-0.39, 0.29) is 5.69 Å². The van der Waals surface area contributed by atoms with Crippen LogP contribution >= 0.6 is 0 Å². The van der Waals surface area contributed by atoms with Gasteiger partial charge in [-0.3, -0.25) is 4.57 Å². The van der Waals surface area contributed by atoms with E-state index in [0.29, 0.717) is 6.04 Å². The predicted molar refractivity (Wildman–Crippen MR) is 70.3 cm³/mol. The Labute approximate surface area is 103 Å². The van der Waals surface area contributed by atoms with Crippen LogP contribution in [0.15, 0.2) is 10.9 Å². The Hall–Kier alpha value is -1.16. The molecule has 1 atom stereocenters. The minimum absolute atomic E-state index is 0.121. The highest BCUT2D eigenvalue weighted by molar-refractivity contribution is 5.06. The molecule has 0 aliphatic rings. The molecule has 1 aromatic heterocycles. The molecule has 0 fully saturated rings. The maximum atomic E-state index is 11.7. The molecule has 1 aromatic rings. The molecule has 1 unspecified atom stereocenters. The third-order valence-electron chi connectivity index (χ3n) is 3.11. The molecule has 0 aromatic carbocycles. The van der Waals surface area contributed by atoms with Crippen LogP contribution < -0.4 is 11.0 Å². The van der Waals surface area contributed by atoms with Gasteiger partial charge in [0.25, 0.3) is 0 Å². The van der Waals surface area contributed by atoms with Crippen LogP contribution in [0.5, 0.6) is 0 Å². The monoisotopic (exact) mass is 237 g/mol. The molecule has 0 amide bonds. The van der Waals surface area contributed by atoms with Crippen LogP contribution in [-0.2, 0) is 6.54 Å². The van der Waals surface area contributed by atoms with Crippen molar-refractivity contribution in [3.63, 3.8) is 0 Å². The summed E-state index contributed by atoms with van der Waals surface area (Å²) < 4.78 is 1.76. The van der Waals surface area contributed by atoms with Gasteiger partial charge in [0.1, 0.15) is 0 Å². The van der Waals surface area contributed by atoms with Gasteiger partial charge in [-0.2, -0.15) is 4.98 Å². The van der Waals surface area contributed by atoms with Crippen LogP contribution in [-0.4, -0.2) is 22.6 Å². The van der Waals surface area contributed by atoms with Gasteiger partial charge in [-0.25, -0.2) is 4.79 Å². The molecule has 17 heavy (non-hydrogen) atoms. The number of hydrogen-bond acceptors (Lipinski definition) is 3. The molecule has 0 aliphatic heterocycles. The lowest BCUT2D eigenvalue weighted by Crippen LogP contribution is -2.26. The van der Waals surface area contributed by atoms with E-state index in [4.69, 9.17) is 0 Å². The molecule has 0 saturated heterocycles. The summed E-state index contributed by atoms with van der Waals surface area (Å²) >= 11 is 0. The second-order valence-corrected chi connectivity index (χ2v) is 4.66. The van der Waals surface area contributed by atoms with Crippen LogP contribution in [0.1, 0.15) is 37.6 Å². The highest BCUT2D eigenvalue weighted by Crippen LogP contribution is 2.03. The van der Waals surface area contributed by atoms with Gasteiger partial charge in [0.15, 0.2) is 0 Å². The molecule has 96 valence electrons. The summed E-state index contributed by atoms with van der Waals surface area (Å²) in [5.74, 6) is 0. The van der Waals surface area contributed by atoms with E-state index in [1.165, 1.54) is 0 Å². The lowest BCUT2D eigenvalue weighted by Gasteiger charge is -2.11. The van der Waals surface area contributed by atoms with E-state index >= 15 is 0 Å². The largest absolute Gasteiger partial charge is 0.347 e. The molecule has 1 heterocycles. The molecular formula is C13H23N3O. The Morgan fingerprint density at radius 2 is 2.12 bits per heavy atom. The number of nitrogens with zero attached hydrogens (tertiary/aromatic N) is 2. The topological polar surface area (TPSA) is 46.9 Å². The standard InChI is InChI=1S/C13H23N3O/c1-10(14-4)7-5-6-8-16-12(3)9-11(2)15-13(16)17/h9-10,14H,5-8H2,1-4H3. The zero-order valence-electron chi connectivity index (χ0n) is 11.3. The molecule has 0 bridgehead atoms. The second kappa shape index (κ2) is 6.55. The van der Waals surface area contributed by atoms with Gasteiger partial charge >= 0.3 is 5.69 Å². The molecule has 0 spiro atoms. The molecule has 4 heteroatoms. The first-order chi connectivity index (χ1) is 8.04. The van der Waals surface area contributed by atoms with Crippen molar-refractivity contribution in [1.82, 2.24) is 14.9 Å². The fraction of sp³-hybridized carbons (Fsp3) is 0.692. The molecule has 1 rings (SSSR count). The summed E-state index contributed by atoms with van der Waals surface area (Å²) in [6.07, 6.45) is 3.29.